The minimum atomic E-state index is 0.266. The quantitative estimate of drug-likeness (QED) is 0.764. The van der Waals surface area contributed by atoms with Crippen LogP contribution in [0.3, 0.4) is 0 Å². The fourth-order valence-corrected chi connectivity index (χ4v) is 2.01. The number of halogens is 1. The van der Waals surface area contributed by atoms with Gasteiger partial charge in [-0.1, -0.05) is 5.16 Å². The number of nitrogens with zero attached hydrogens (tertiary/aromatic N) is 1. The number of carbonyl (C=O) groups excluding carboxylic acids is 1. The Morgan fingerprint density at radius 3 is 2.79 bits per heavy atom. The van der Waals surface area contributed by atoms with Gasteiger partial charge in [0.1, 0.15) is 0 Å². The third-order valence-corrected chi connectivity index (χ3v) is 2.99. The van der Waals surface area contributed by atoms with E-state index in [1.807, 2.05) is 0 Å². The Kier molecular flexibility index (Phi) is 2.98. The van der Waals surface area contributed by atoms with Crippen molar-refractivity contribution in [3.8, 4) is 0 Å². The molecule has 1 aliphatic heterocycles. The first kappa shape index (κ1) is 9.86. The summed E-state index contributed by atoms with van der Waals surface area (Å²) >= 11 is 3.18. The van der Waals surface area contributed by atoms with Gasteiger partial charge >= 0.3 is 0 Å². The Balaban J connectivity index is 2.25. The van der Waals surface area contributed by atoms with Crippen LogP contribution in [0.4, 0.5) is 0 Å². The molecule has 0 spiro atoms. The van der Waals surface area contributed by atoms with Crippen LogP contribution in [-0.4, -0.2) is 24.7 Å². The van der Waals surface area contributed by atoms with Crippen molar-refractivity contribution in [1.29, 1.82) is 0 Å². The van der Waals surface area contributed by atoms with Crippen LogP contribution in [0.15, 0.2) is 9.13 Å². The molecule has 0 atom stereocenters. The summed E-state index contributed by atoms with van der Waals surface area (Å²) in [5, 5.41) is 3.73. The lowest BCUT2D eigenvalue weighted by atomic mass is 9.95. The third kappa shape index (κ3) is 1.74. The van der Waals surface area contributed by atoms with Gasteiger partial charge in [-0.2, -0.15) is 0 Å². The first-order chi connectivity index (χ1) is 6.83. The van der Waals surface area contributed by atoms with Crippen molar-refractivity contribution in [2.45, 2.75) is 18.8 Å². The molecule has 1 aromatic heterocycles. The second-order valence-electron chi connectivity index (χ2n) is 3.26. The number of aldehydes is 1. The number of aromatic nitrogens is 1. The zero-order valence-corrected chi connectivity index (χ0v) is 9.12. The molecule has 1 aromatic rings. The van der Waals surface area contributed by atoms with Crippen LogP contribution in [0, 0.1) is 0 Å². The maximum atomic E-state index is 10.8. The molecular formula is C9H10BrNO3. The molecule has 0 unspecified atom stereocenters. The third-order valence-electron chi connectivity index (χ3n) is 2.42. The lowest BCUT2D eigenvalue weighted by Gasteiger charge is -2.19. The molecule has 1 saturated heterocycles. The number of hydrogen-bond donors (Lipinski definition) is 0. The molecule has 0 radical (unpaired) electrons. The molecule has 4 nitrogen and oxygen atoms in total. The summed E-state index contributed by atoms with van der Waals surface area (Å²) in [6.45, 7) is 1.45. The van der Waals surface area contributed by atoms with E-state index >= 15 is 0 Å². The molecule has 2 heterocycles. The number of carbonyl (C=O) groups is 1. The summed E-state index contributed by atoms with van der Waals surface area (Å²) in [4.78, 5) is 10.8. The zero-order valence-electron chi connectivity index (χ0n) is 7.53. The van der Waals surface area contributed by atoms with Gasteiger partial charge in [0.2, 0.25) is 0 Å². The highest BCUT2D eigenvalue weighted by Crippen LogP contribution is 2.31. The van der Waals surface area contributed by atoms with Crippen LogP contribution in [0.25, 0.3) is 0 Å². The Morgan fingerprint density at radius 2 is 2.14 bits per heavy atom. The number of rotatable bonds is 2. The lowest BCUT2D eigenvalue weighted by Crippen LogP contribution is -2.14. The van der Waals surface area contributed by atoms with Crippen LogP contribution in [-0.2, 0) is 4.74 Å². The van der Waals surface area contributed by atoms with Gasteiger partial charge in [0.05, 0.1) is 5.56 Å². The molecule has 1 fully saturated rings. The van der Waals surface area contributed by atoms with Gasteiger partial charge in [-0.05, 0) is 28.8 Å². The van der Waals surface area contributed by atoms with Gasteiger partial charge in [0.15, 0.2) is 16.6 Å². The average molecular weight is 260 g/mol. The van der Waals surface area contributed by atoms with E-state index in [-0.39, 0.29) is 5.92 Å². The predicted molar refractivity (Wildman–Crippen MR) is 52.4 cm³/mol. The van der Waals surface area contributed by atoms with Crippen LogP contribution >= 0.6 is 15.9 Å². The maximum absolute atomic E-state index is 10.8. The van der Waals surface area contributed by atoms with E-state index in [4.69, 9.17) is 9.26 Å². The molecular weight excluding hydrogens is 250 g/mol. The Labute approximate surface area is 89.7 Å². The van der Waals surface area contributed by atoms with Crippen molar-refractivity contribution >= 4 is 22.2 Å². The second kappa shape index (κ2) is 4.23. The first-order valence-corrected chi connectivity index (χ1v) is 5.30. The summed E-state index contributed by atoms with van der Waals surface area (Å²) in [5.41, 5.74) is 0.539. The molecule has 14 heavy (non-hydrogen) atoms. The maximum Gasteiger partial charge on any atom is 0.160 e. The van der Waals surface area contributed by atoms with Crippen molar-refractivity contribution in [2.75, 3.05) is 13.2 Å². The normalized spacial score (nSPS) is 18.4. The van der Waals surface area contributed by atoms with E-state index in [2.05, 4.69) is 21.1 Å². The number of ether oxygens (including phenoxy) is 1. The van der Waals surface area contributed by atoms with Crippen LogP contribution in [0.2, 0.25) is 0 Å². The fraction of sp³-hybridized carbons (Fsp3) is 0.556. The van der Waals surface area contributed by atoms with Crippen molar-refractivity contribution in [3.63, 3.8) is 0 Å². The minimum absolute atomic E-state index is 0.266. The molecule has 0 aliphatic carbocycles. The zero-order chi connectivity index (χ0) is 9.97. The van der Waals surface area contributed by atoms with Gasteiger partial charge < -0.3 is 9.26 Å². The number of hydrogen-bond acceptors (Lipinski definition) is 4. The van der Waals surface area contributed by atoms with E-state index in [0.29, 0.717) is 15.9 Å². The lowest BCUT2D eigenvalue weighted by molar-refractivity contribution is 0.0786. The molecule has 0 aromatic carbocycles. The van der Waals surface area contributed by atoms with E-state index in [0.717, 1.165) is 32.3 Å². The van der Waals surface area contributed by atoms with Gasteiger partial charge in [-0.3, -0.25) is 4.79 Å². The largest absolute Gasteiger partial charge is 0.381 e. The highest BCUT2D eigenvalue weighted by Gasteiger charge is 2.24. The van der Waals surface area contributed by atoms with Crippen LogP contribution < -0.4 is 0 Å². The smallest absolute Gasteiger partial charge is 0.160 e. The molecule has 0 bridgehead atoms. The topological polar surface area (TPSA) is 52.3 Å². The average Bonchev–Trinajstić information content (AvgIpc) is 2.61. The molecule has 0 amide bonds. The van der Waals surface area contributed by atoms with Gasteiger partial charge in [-0.25, -0.2) is 0 Å². The van der Waals surface area contributed by atoms with E-state index in [1.54, 1.807) is 0 Å². The molecule has 2 rings (SSSR count). The van der Waals surface area contributed by atoms with Crippen molar-refractivity contribution in [2.24, 2.45) is 0 Å². The van der Waals surface area contributed by atoms with Crippen LogP contribution in [0.1, 0.15) is 34.9 Å². The summed E-state index contributed by atoms with van der Waals surface area (Å²) in [7, 11) is 0. The van der Waals surface area contributed by atoms with E-state index in [1.165, 1.54) is 0 Å². The molecule has 0 saturated carbocycles. The Hall–Kier alpha value is -0.680. The summed E-state index contributed by atoms with van der Waals surface area (Å²) in [5.74, 6) is 0.956. The molecule has 76 valence electrons. The standard InChI is InChI=1S/C9H10BrNO3/c10-9-7(5-12)8(14-11-9)6-1-3-13-4-2-6/h5-6H,1-4H2. The van der Waals surface area contributed by atoms with Crippen LogP contribution in [0.5, 0.6) is 0 Å². The second-order valence-corrected chi connectivity index (χ2v) is 4.01. The van der Waals surface area contributed by atoms with Gasteiger partial charge in [0, 0.05) is 19.1 Å². The molecule has 1 aliphatic rings. The van der Waals surface area contributed by atoms with Gasteiger partial charge in [0.25, 0.3) is 0 Å². The molecule has 0 N–H and O–H groups in total. The van der Waals surface area contributed by atoms with Crippen molar-refractivity contribution in [1.82, 2.24) is 5.16 Å². The fourth-order valence-electron chi connectivity index (χ4n) is 1.65. The van der Waals surface area contributed by atoms with Gasteiger partial charge in [-0.15, -0.1) is 0 Å². The summed E-state index contributed by atoms with van der Waals surface area (Å²) in [6.07, 6.45) is 2.57. The monoisotopic (exact) mass is 259 g/mol. The van der Waals surface area contributed by atoms with E-state index < -0.39 is 0 Å². The summed E-state index contributed by atoms with van der Waals surface area (Å²) < 4.78 is 10.9. The van der Waals surface area contributed by atoms with Crippen molar-refractivity contribution in [3.05, 3.63) is 15.9 Å². The molecule has 5 heteroatoms. The summed E-state index contributed by atoms with van der Waals surface area (Å²) in [6, 6.07) is 0. The Bertz CT molecular complexity index is 331. The Morgan fingerprint density at radius 1 is 1.43 bits per heavy atom. The van der Waals surface area contributed by atoms with E-state index in [9.17, 15) is 4.79 Å². The predicted octanol–water partition coefficient (Wildman–Crippen LogP) is 2.14. The highest BCUT2D eigenvalue weighted by atomic mass is 79.9. The minimum Gasteiger partial charge on any atom is -0.381 e. The first-order valence-electron chi connectivity index (χ1n) is 4.51. The SMILES string of the molecule is O=Cc1c(Br)noc1C1CCOCC1. The highest BCUT2D eigenvalue weighted by molar-refractivity contribution is 9.10. The van der Waals surface area contributed by atoms with Crippen molar-refractivity contribution < 1.29 is 14.1 Å².